The molecule has 2 N–H and O–H groups in total. The van der Waals surface area contributed by atoms with Crippen molar-refractivity contribution in [3.05, 3.63) is 80.6 Å². The van der Waals surface area contributed by atoms with E-state index in [0.717, 1.165) is 78.3 Å². The maximum Gasteiger partial charge on any atom is 0.269 e. The number of aryl methyl sites for hydroxylation is 4. The SMILES string of the molecule is Cc1ccc2ncc(=O)n(CCC3CCC(=O)CC3)c2c1.Cc1ccc2ncc(=O)n(CCC3CCC(N)CC3)c2c1. The highest BCUT2D eigenvalue weighted by Crippen LogP contribution is 2.27. The van der Waals surface area contributed by atoms with Crippen LogP contribution >= 0.6 is 0 Å². The first-order chi connectivity index (χ1) is 20.3. The Bertz CT molecular complexity index is 1660. The standard InChI is InChI=1S/C17H23N3O.C17H20N2O2/c1-12-2-7-15-16(10-12)20(17(21)11-19-15)9-8-13-3-5-14(18)6-4-13;1-12-2-7-15-16(10-12)19(17(21)11-18-15)9-8-13-3-5-14(20)6-4-13/h2,7,10-11,13-14H,3-6,8-9,18H2,1H3;2,7,10-11,13H,3-6,8-9H2,1H3. The van der Waals surface area contributed by atoms with Gasteiger partial charge in [-0.25, -0.2) is 9.97 Å². The van der Waals surface area contributed by atoms with Crippen LogP contribution in [0.2, 0.25) is 0 Å². The molecule has 0 spiro atoms. The second-order valence-corrected chi connectivity index (χ2v) is 12.3. The summed E-state index contributed by atoms with van der Waals surface area (Å²) >= 11 is 0. The van der Waals surface area contributed by atoms with Crippen LogP contribution in [0.15, 0.2) is 58.4 Å². The van der Waals surface area contributed by atoms with Crippen molar-refractivity contribution in [2.45, 2.75) is 97.2 Å². The van der Waals surface area contributed by atoms with Crippen LogP contribution in [0.1, 0.15) is 75.3 Å². The van der Waals surface area contributed by atoms with Crippen molar-refractivity contribution in [2.75, 3.05) is 0 Å². The number of rotatable bonds is 6. The molecule has 2 fully saturated rings. The molecule has 6 rings (SSSR count). The molecule has 2 saturated carbocycles. The minimum atomic E-state index is -0.0417. The van der Waals surface area contributed by atoms with Crippen LogP contribution in [-0.2, 0) is 17.9 Å². The predicted molar refractivity (Wildman–Crippen MR) is 168 cm³/mol. The highest BCUT2D eigenvalue weighted by molar-refractivity contribution is 5.79. The Hall–Kier alpha value is -3.65. The van der Waals surface area contributed by atoms with E-state index in [4.69, 9.17) is 5.73 Å². The molecule has 8 nitrogen and oxygen atoms in total. The fourth-order valence-electron chi connectivity index (χ4n) is 6.39. The van der Waals surface area contributed by atoms with Crippen LogP contribution < -0.4 is 16.9 Å². The normalized spacial score (nSPS) is 19.5. The minimum absolute atomic E-state index is 0.000566. The fourth-order valence-corrected chi connectivity index (χ4v) is 6.39. The molecule has 222 valence electrons. The van der Waals surface area contributed by atoms with E-state index in [1.54, 1.807) is 0 Å². The number of carbonyl (C=O) groups excluding carboxylic acids is 1. The number of aromatic nitrogens is 4. The summed E-state index contributed by atoms with van der Waals surface area (Å²) in [5.74, 6) is 1.64. The van der Waals surface area contributed by atoms with Crippen LogP contribution in [-0.4, -0.2) is 30.9 Å². The van der Waals surface area contributed by atoms with Crippen molar-refractivity contribution >= 4 is 27.9 Å². The second-order valence-electron chi connectivity index (χ2n) is 12.3. The number of ketones is 1. The Morgan fingerprint density at radius 1 is 0.690 bits per heavy atom. The number of hydrogen-bond acceptors (Lipinski definition) is 6. The molecule has 2 aromatic heterocycles. The molecule has 42 heavy (non-hydrogen) atoms. The molecule has 0 aliphatic heterocycles. The number of Topliss-reactive ketones (excluding diaryl/α,β-unsaturated/α-hetero) is 1. The lowest BCUT2D eigenvalue weighted by molar-refractivity contribution is -0.121. The van der Waals surface area contributed by atoms with Gasteiger partial charge in [0.1, 0.15) is 5.78 Å². The Labute approximate surface area is 247 Å². The third-order valence-corrected chi connectivity index (χ3v) is 9.08. The highest BCUT2D eigenvalue weighted by atomic mass is 16.1. The summed E-state index contributed by atoms with van der Waals surface area (Å²) in [5.41, 5.74) is 11.8. The number of hydrogen-bond donors (Lipinski definition) is 1. The lowest BCUT2D eigenvalue weighted by Crippen LogP contribution is -2.28. The van der Waals surface area contributed by atoms with Gasteiger partial charge in [-0.2, -0.15) is 0 Å². The van der Waals surface area contributed by atoms with Gasteiger partial charge in [0.15, 0.2) is 0 Å². The average molecular weight is 570 g/mol. The van der Waals surface area contributed by atoms with Gasteiger partial charge in [0.2, 0.25) is 0 Å². The Morgan fingerprint density at radius 3 is 1.62 bits per heavy atom. The summed E-state index contributed by atoms with van der Waals surface area (Å²) < 4.78 is 3.70. The Kier molecular flexibility index (Phi) is 9.62. The van der Waals surface area contributed by atoms with Crippen molar-refractivity contribution in [2.24, 2.45) is 17.6 Å². The van der Waals surface area contributed by atoms with Gasteiger partial charge in [-0.1, -0.05) is 12.1 Å². The Balaban J connectivity index is 0.000000168. The smallest absolute Gasteiger partial charge is 0.269 e. The van der Waals surface area contributed by atoms with Crippen LogP contribution in [0.3, 0.4) is 0 Å². The quantitative estimate of drug-likeness (QED) is 0.330. The molecule has 0 radical (unpaired) electrons. The molecule has 0 saturated heterocycles. The van der Waals surface area contributed by atoms with Crippen LogP contribution in [0.4, 0.5) is 0 Å². The maximum absolute atomic E-state index is 12.1. The molecule has 8 heteroatoms. The van der Waals surface area contributed by atoms with Crippen molar-refractivity contribution in [1.29, 1.82) is 0 Å². The van der Waals surface area contributed by atoms with Gasteiger partial charge in [0.25, 0.3) is 11.1 Å². The van der Waals surface area contributed by atoms with Gasteiger partial charge in [0, 0.05) is 32.0 Å². The van der Waals surface area contributed by atoms with Crippen molar-refractivity contribution in [3.63, 3.8) is 0 Å². The van der Waals surface area contributed by atoms with Crippen LogP contribution in [0.25, 0.3) is 22.1 Å². The lowest BCUT2D eigenvalue weighted by Gasteiger charge is -2.26. The minimum Gasteiger partial charge on any atom is -0.328 e. The van der Waals surface area contributed by atoms with Gasteiger partial charge in [-0.05, 0) is 112 Å². The maximum atomic E-state index is 12.1. The van der Waals surface area contributed by atoms with Crippen LogP contribution in [0.5, 0.6) is 0 Å². The number of fused-ring (bicyclic) bond motifs is 2. The molecule has 0 bridgehead atoms. The van der Waals surface area contributed by atoms with E-state index in [2.05, 4.69) is 16.0 Å². The second kappa shape index (κ2) is 13.6. The third-order valence-electron chi connectivity index (χ3n) is 9.08. The molecule has 0 atom stereocenters. The number of nitrogens with two attached hydrogens (primary N) is 1. The molecule has 0 amide bonds. The molecular weight excluding hydrogens is 526 g/mol. The van der Waals surface area contributed by atoms with E-state index in [9.17, 15) is 14.4 Å². The van der Waals surface area contributed by atoms with E-state index in [-0.39, 0.29) is 11.1 Å². The topological polar surface area (TPSA) is 113 Å². The summed E-state index contributed by atoms with van der Waals surface area (Å²) in [4.78, 5) is 44.0. The predicted octanol–water partition coefficient (Wildman–Crippen LogP) is 5.47. The van der Waals surface area contributed by atoms with Gasteiger partial charge < -0.3 is 14.9 Å². The molecule has 2 aromatic carbocycles. The zero-order valence-corrected chi connectivity index (χ0v) is 24.9. The number of nitrogens with zero attached hydrogens (tertiary/aromatic N) is 4. The zero-order chi connectivity index (χ0) is 29.6. The summed E-state index contributed by atoms with van der Waals surface area (Å²) in [5, 5.41) is 0. The molecule has 2 aliphatic carbocycles. The molecule has 0 unspecified atom stereocenters. The summed E-state index contributed by atoms with van der Waals surface area (Å²) in [7, 11) is 0. The fraction of sp³-hybridized carbons (Fsp3) is 0.500. The van der Waals surface area contributed by atoms with Crippen molar-refractivity contribution in [1.82, 2.24) is 19.1 Å². The first kappa shape index (κ1) is 29.8. The average Bonchev–Trinajstić information content (AvgIpc) is 2.98. The third kappa shape index (κ3) is 7.40. The number of carbonyl (C=O) groups is 1. The van der Waals surface area contributed by atoms with Crippen molar-refractivity contribution in [3.8, 4) is 0 Å². The first-order valence-corrected chi connectivity index (χ1v) is 15.5. The van der Waals surface area contributed by atoms with E-state index in [1.165, 1.54) is 25.2 Å². The summed E-state index contributed by atoms with van der Waals surface area (Å²) in [6, 6.07) is 12.5. The van der Waals surface area contributed by atoms with E-state index in [0.29, 0.717) is 43.0 Å². The summed E-state index contributed by atoms with van der Waals surface area (Å²) in [6.45, 7) is 5.55. The lowest BCUT2D eigenvalue weighted by atomic mass is 9.84. The van der Waals surface area contributed by atoms with E-state index < -0.39 is 0 Å². The molecule has 2 aliphatic rings. The highest BCUT2D eigenvalue weighted by Gasteiger charge is 2.20. The monoisotopic (exact) mass is 569 g/mol. The van der Waals surface area contributed by atoms with Gasteiger partial charge >= 0.3 is 0 Å². The van der Waals surface area contributed by atoms with E-state index in [1.807, 2.05) is 53.3 Å². The molecular formula is C34H43N5O3. The van der Waals surface area contributed by atoms with Gasteiger partial charge in [0.05, 0.1) is 34.5 Å². The first-order valence-electron chi connectivity index (χ1n) is 15.5. The van der Waals surface area contributed by atoms with E-state index >= 15 is 0 Å². The van der Waals surface area contributed by atoms with Gasteiger partial charge in [-0.15, -0.1) is 0 Å². The number of benzene rings is 2. The summed E-state index contributed by atoms with van der Waals surface area (Å²) in [6.07, 6.45) is 12.8. The van der Waals surface area contributed by atoms with Crippen LogP contribution in [0, 0.1) is 25.7 Å². The largest absolute Gasteiger partial charge is 0.328 e. The molecule has 4 aromatic rings. The van der Waals surface area contributed by atoms with Gasteiger partial charge in [-0.3, -0.25) is 14.4 Å². The zero-order valence-electron chi connectivity index (χ0n) is 24.9. The Morgan fingerprint density at radius 2 is 1.14 bits per heavy atom. The molecule has 2 heterocycles. The van der Waals surface area contributed by atoms with Crippen molar-refractivity contribution < 1.29 is 4.79 Å².